The Labute approximate surface area is 153 Å². The minimum Gasteiger partial charge on any atom is -0.486 e. The van der Waals surface area contributed by atoms with Gasteiger partial charge in [0.05, 0.1) is 29.4 Å². The number of rotatable bonds is 3. The molecule has 1 fully saturated rings. The molecule has 6 nitrogen and oxygen atoms in total. The number of ether oxygens (including phenoxy) is 2. The maximum absolute atomic E-state index is 13.4. The predicted molar refractivity (Wildman–Crippen MR) is 98.6 cm³/mol. The van der Waals surface area contributed by atoms with Gasteiger partial charge in [-0.1, -0.05) is 11.6 Å². The maximum Gasteiger partial charge on any atom is 0.162 e. The van der Waals surface area contributed by atoms with Crippen LogP contribution in [0.3, 0.4) is 0 Å². The number of aromatic nitrogens is 2. The average molecular weight is 375 g/mol. The Kier molecular flexibility index (Phi) is 4.26. The lowest BCUT2D eigenvalue weighted by Crippen LogP contribution is -2.16. The number of benzene rings is 2. The van der Waals surface area contributed by atoms with Crippen molar-refractivity contribution in [3.8, 4) is 17.1 Å². The topological polar surface area (TPSA) is 96.3 Å². The number of nitrogens with two attached hydrogens (primary N) is 2. The van der Waals surface area contributed by atoms with E-state index in [0.717, 1.165) is 6.42 Å². The molecule has 3 aromatic rings. The van der Waals surface area contributed by atoms with Gasteiger partial charge in [0.25, 0.3) is 0 Å². The number of hydrogen-bond donors (Lipinski definition) is 2. The monoisotopic (exact) mass is 374 g/mol. The van der Waals surface area contributed by atoms with Crippen LogP contribution in [0.15, 0.2) is 30.3 Å². The highest BCUT2D eigenvalue weighted by Crippen LogP contribution is 2.33. The normalized spacial score (nSPS) is 16.9. The second kappa shape index (κ2) is 6.59. The molecule has 0 spiro atoms. The second-order valence-corrected chi connectivity index (χ2v) is 6.48. The molecule has 4 N–H and O–H groups in total. The Morgan fingerprint density at radius 1 is 1.19 bits per heavy atom. The number of fused-ring (bicyclic) bond motifs is 1. The lowest BCUT2D eigenvalue weighted by Gasteiger charge is -2.15. The molecular formula is C18H16ClFN4O2. The first-order chi connectivity index (χ1) is 12.5. The molecule has 0 bridgehead atoms. The van der Waals surface area contributed by atoms with Crippen LogP contribution in [0, 0.1) is 5.82 Å². The molecule has 1 atom stereocenters. The molecule has 26 heavy (non-hydrogen) atoms. The molecule has 4 rings (SSSR count). The SMILES string of the molecule is Nc1cc2c(N)nc(-c3ccc(F)c(Cl)c3)nc2cc1O[C@H]1CCOC1. The molecule has 8 heteroatoms. The summed E-state index contributed by atoms with van der Waals surface area (Å²) in [4.78, 5) is 8.80. The first kappa shape index (κ1) is 16.8. The van der Waals surface area contributed by atoms with Gasteiger partial charge in [-0.3, -0.25) is 0 Å². The fourth-order valence-electron chi connectivity index (χ4n) is 2.85. The van der Waals surface area contributed by atoms with Gasteiger partial charge in [0.1, 0.15) is 23.5 Å². The van der Waals surface area contributed by atoms with Crippen LogP contribution in [0.5, 0.6) is 5.75 Å². The van der Waals surface area contributed by atoms with Crippen molar-refractivity contribution < 1.29 is 13.9 Å². The lowest BCUT2D eigenvalue weighted by molar-refractivity contribution is 0.142. The van der Waals surface area contributed by atoms with E-state index in [1.54, 1.807) is 18.2 Å². The van der Waals surface area contributed by atoms with E-state index in [0.29, 0.717) is 46.9 Å². The Morgan fingerprint density at radius 3 is 2.77 bits per heavy atom. The van der Waals surface area contributed by atoms with E-state index in [4.69, 9.17) is 32.5 Å². The third-order valence-corrected chi connectivity index (χ3v) is 4.51. The fourth-order valence-corrected chi connectivity index (χ4v) is 3.03. The molecule has 1 saturated heterocycles. The van der Waals surface area contributed by atoms with Crippen LogP contribution in [-0.2, 0) is 4.74 Å². The Morgan fingerprint density at radius 2 is 2.04 bits per heavy atom. The van der Waals surface area contributed by atoms with Gasteiger partial charge in [0.2, 0.25) is 0 Å². The summed E-state index contributed by atoms with van der Waals surface area (Å²) in [5.41, 5.74) is 13.8. The van der Waals surface area contributed by atoms with Crippen LogP contribution in [0.4, 0.5) is 15.9 Å². The number of nitrogen functional groups attached to an aromatic ring is 2. The minimum atomic E-state index is -0.508. The van der Waals surface area contributed by atoms with Crippen molar-refractivity contribution in [2.24, 2.45) is 0 Å². The van der Waals surface area contributed by atoms with E-state index in [1.807, 2.05) is 0 Å². The van der Waals surface area contributed by atoms with Gasteiger partial charge < -0.3 is 20.9 Å². The second-order valence-electron chi connectivity index (χ2n) is 6.07. The zero-order valence-corrected chi connectivity index (χ0v) is 14.5. The van der Waals surface area contributed by atoms with Gasteiger partial charge in [-0.05, 0) is 24.3 Å². The van der Waals surface area contributed by atoms with Gasteiger partial charge in [-0.25, -0.2) is 14.4 Å². The van der Waals surface area contributed by atoms with Crippen LogP contribution < -0.4 is 16.2 Å². The molecule has 0 unspecified atom stereocenters. The maximum atomic E-state index is 13.4. The highest BCUT2D eigenvalue weighted by Gasteiger charge is 2.19. The van der Waals surface area contributed by atoms with E-state index in [2.05, 4.69) is 9.97 Å². The zero-order chi connectivity index (χ0) is 18.3. The third kappa shape index (κ3) is 3.11. The van der Waals surface area contributed by atoms with E-state index in [9.17, 15) is 4.39 Å². The Balaban J connectivity index is 1.78. The minimum absolute atomic E-state index is 0.00710. The summed E-state index contributed by atoms with van der Waals surface area (Å²) in [6.45, 7) is 1.20. The van der Waals surface area contributed by atoms with E-state index < -0.39 is 5.82 Å². The quantitative estimate of drug-likeness (QED) is 0.682. The molecule has 1 aliphatic rings. The molecule has 0 radical (unpaired) electrons. The molecule has 134 valence electrons. The van der Waals surface area contributed by atoms with E-state index >= 15 is 0 Å². The first-order valence-electron chi connectivity index (χ1n) is 8.08. The summed E-state index contributed by atoms with van der Waals surface area (Å²) in [5, 5.41) is 0.613. The Hall–Kier alpha value is -2.64. The van der Waals surface area contributed by atoms with Gasteiger partial charge in [-0.2, -0.15) is 0 Å². The number of nitrogens with zero attached hydrogens (tertiary/aromatic N) is 2. The predicted octanol–water partition coefficient (Wildman–Crippen LogP) is 3.42. The summed E-state index contributed by atoms with van der Waals surface area (Å²) < 4.78 is 24.6. The van der Waals surface area contributed by atoms with Crippen molar-refractivity contribution in [3.63, 3.8) is 0 Å². The number of anilines is 2. The molecule has 0 aliphatic carbocycles. The summed E-state index contributed by atoms with van der Waals surface area (Å²) in [6, 6.07) is 7.69. The highest BCUT2D eigenvalue weighted by molar-refractivity contribution is 6.31. The van der Waals surface area contributed by atoms with Crippen molar-refractivity contribution in [1.29, 1.82) is 0 Å². The van der Waals surface area contributed by atoms with Crippen LogP contribution in [0.2, 0.25) is 5.02 Å². The third-order valence-electron chi connectivity index (χ3n) is 4.22. The summed E-state index contributed by atoms with van der Waals surface area (Å²) >= 11 is 5.85. The number of hydrogen-bond acceptors (Lipinski definition) is 6. The van der Waals surface area contributed by atoms with Crippen molar-refractivity contribution in [3.05, 3.63) is 41.2 Å². The van der Waals surface area contributed by atoms with Crippen LogP contribution in [-0.4, -0.2) is 29.3 Å². The van der Waals surface area contributed by atoms with Crippen molar-refractivity contribution in [1.82, 2.24) is 9.97 Å². The molecule has 2 heterocycles. The van der Waals surface area contributed by atoms with E-state index in [1.165, 1.54) is 12.1 Å². The van der Waals surface area contributed by atoms with Crippen molar-refractivity contribution in [2.75, 3.05) is 24.7 Å². The van der Waals surface area contributed by atoms with Crippen LogP contribution >= 0.6 is 11.6 Å². The standard InChI is InChI=1S/C18H16ClFN4O2/c19-12-5-9(1-2-13(12)20)18-23-15-7-16(26-10-3-4-25-8-10)14(21)6-11(15)17(22)24-18/h1-2,5-7,10H,3-4,8,21H2,(H2,22,23,24)/t10-/m0/s1. The van der Waals surface area contributed by atoms with Gasteiger partial charge in [0, 0.05) is 23.4 Å². The lowest BCUT2D eigenvalue weighted by atomic mass is 10.1. The average Bonchev–Trinajstić information content (AvgIpc) is 3.12. The first-order valence-corrected chi connectivity index (χ1v) is 8.45. The van der Waals surface area contributed by atoms with Gasteiger partial charge in [-0.15, -0.1) is 0 Å². The Bertz CT molecular complexity index is 993. The van der Waals surface area contributed by atoms with Crippen molar-refractivity contribution >= 4 is 34.0 Å². The summed E-state index contributed by atoms with van der Waals surface area (Å²) in [7, 11) is 0. The fraction of sp³-hybridized carbons (Fsp3) is 0.222. The number of halogens is 2. The van der Waals surface area contributed by atoms with E-state index in [-0.39, 0.29) is 16.9 Å². The van der Waals surface area contributed by atoms with Crippen LogP contribution in [0.25, 0.3) is 22.3 Å². The largest absolute Gasteiger partial charge is 0.486 e. The zero-order valence-electron chi connectivity index (χ0n) is 13.7. The molecule has 1 aliphatic heterocycles. The summed E-state index contributed by atoms with van der Waals surface area (Å²) in [6.07, 6.45) is 0.771. The summed E-state index contributed by atoms with van der Waals surface area (Å²) in [5.74, 6) is 0.630. The molecule has 1 aromatic heterocycles. The molecule has 0 saturated carbocycles. The van der Waals surface area contributed by atoms with Crippen LogP contribution in [0.1, 0.15) is 6.42 Å². The highest BCUT2D eigenvalue weighted by atomic mass is 35.5. The smallest absolute Gasteiger partial charge is 0.162 e. The molecule has 2 aromatic carbocycles. The molecular weight excluding hydrogens is 359 g/mol. The van der Waals surface area contributed by atoms with Gasteiger partial charge >= 0.3 is 0 Å². The molecule has 0 amide bonds. The van der Waals surface area contributed by atoms with Crippen molar-refractivity contribution in [2.45, 2.75) is 12.5 Å². The van der Waals surface area contributed by atoms with Gasteiger partial charge in [0.15, 0.2) is 5.82 Å².